The van der Waals surface area contributed by atoms with Gasteiger partial charge in [0, 0.05) is 36.4 Å². The number of hydrogen-bond acceptors (Lipinski definition) is 4. The Balaban J connectivity index is 1.60. The lowest BCUT2D eigenvalue weighted by Gasteiger charge is -2.16. The largest absolute Gasteiger partial charge is 0.316 e. The molecule has 2 fully saturated rings. The molecule has 6 heteroatoms. The van der Waals surface area contributed by atoms with Crippen LogP contribution in [0.25, 0.3) is 5.65 Å². The van der Waals surface area contributed by atoms with Crippen molar-refractivity contribution in [2.75, 3.05) is 26.2 Å². The zero-order valence-electron chi connectivity index (χ0n) is 11.6. The van der Waals surface area contributed by atoms with Crippen molar-refractivity contribution >= 4 is 21.6 Å². The molecule has 4 rings (SSSR count). The summed E-state index contributed by atoms with van der Waals surface area (Å²) in [6.07, 6.45) is 1.76. The minimum Gasteiger partial charge on any atom is -0.316 e. The molecular weight excluding hydrogens is 332 g/mol. The number of likely N-dealkylation sites (tertiary alicyclic amines) is 1. The molecule has 0 aliphatic carbocycles. The maximum Gasteiger partial charge on any atom is 0.258 e. The van der Waals surface area contributed by atoms with Gasteiger partial charge in [0.2, 0.25) is 0 Å². The highest BCUT2D eigenvalue weighted by Crippen LogP contribution is 2.27. The topological polar surface area (TPSA) is 49.6 Å². The second kappa shape index (κ2) is 5.19. The van der Waals surface area contributed by atoms with Gasteiger partial charge >= 0.3 is 0 Å². The fraction of sp³-hybridized carbons (Fsp3) is 0.467. The molecule has 0 amide bonds. The maximum atomic E-state index is 12.2. The molecule has 1 N–H and O–H groups in total. The van der Waals surface area contributed by atoms with Crippen molar-refractivity contribution in [3.8, 4) is 0 Å². The van der Waals surface area contributed by atoms with Gasteiger partial charge in [-0.05, 0) is 53.0 Å². The minimum atomic E-state index is -0.0163. The Morgan fingerprint density at radius 1 is 1.29 bits per heavy atom. The second-order valence-corrected chi connectivity index (χ2v) is 6.95. The van der Waals surface area contributed by atoms with Gasteiger partial charge in [-0.1, -0.05) is 0 Å². The van der Waals surface area contributed by atoms with Crippen LogP contribution in [-0.2, 0) is 6.54 Å². The van der Waals surface area contributed by atoms with Crippen molar-refractivity contribution in [3.05, 3.63) is 44.9 Å². The second-order valence-electron chi connectivity index (χ2n) is 6.03. The quantitative estimate of drug-likeness (QED) is 0.883. The molecule has 4 heterocycles. The molecule has 110 valence electrons. The predicted molar refractivity (Wildman–Crippen MR) is 84.3 cm³/mol. The summed E-state index contributed by atoms with van der Waals surface area (Å²) in [5, 5.41) is 3.45. The number of nitrogens with one attached hydrogen (secondary N) is 1. The van der Waals surface area contributed by atoms with E-state index in [-0.39, 0.29) is 5.56 Å². The Hall–Kier alpha value is -1.24. The fourth-order valence-corrected chi connectivity index (χ4v) is 3.85. The van der Waals surface area contributed by atoms with Crippen LogP contribution in [0.4, 0.5) is 0 Å². The van der Waals surface area contributed by atoms with E-state index in [0.717, 1.165) is 54.7 Å². The van der Waals surface area contributed by atoms with Gasteiger partial charge in [-0.25, -0.2) is 4.98 Å². The van der Waals surface area contributed by atoms with Crippen molar-refractivity contribution < 1.29 is 0 Å². The van der Waals surface area contributed by atoms with Crippen LogP contribution in [0.1, 0.15) is 5.69 Å². The Morgan fingerprint density at radius 3 is 2.81 bits per heavy atom. The number of pyridine rings is 1. The monoisotopic (exact) mass is 348 g/mol. The van der Waals surface area contributed by atoms with Gasteiger partial charge in [0.1, 0.15) is 5.65 Å². The Labute approximate surface area is 131 Å². The van der Waals surface area contributed by atoms with E-state index in [4.69, 9.17) is 0 Å². The molecule has 0 saturated carbocycles. The highest BCUT2D eigenvalue weighted by atomic mass is 79.9. The molecule has 0 spiro atoms. The maximum absolute atomic E-state index is 12.2. The first-order valence-corrected chi connectivity index (χ1v) is 8.09. The zero-order chi connectivity index (χ0) is 14.4. The van der Waals surface area contributed by atoms with Crippen LogP contribution in [0.3, 0.4) is 0 Å². The SMILES string of the molecule is O=c1cc(CN2CC3CNCC3C2)nc2ccc(Br)cn12. The van der Waals surface area contributed by atoms with E-state index in [9.17, 15) is 4.79 Å². The summed E-state index contributed by atoms with van der Waals surface area (Å²) in [6, 6.07) is 5.45. The smallest absolute Gasteiger partial charge is 0.258 e. The average Bonchev–Trinajstić information content (AvgIpc) is 3.00. The van der Waals surface area contributed by atoms with Crippen LogP contribution in [0.2, 0.25) is 0 Å². The molecule has 0 bridgehead atoms. The zero-order valence-corrected chi connectivity index (χ0v) is 13.2. The Morgan fingerprint density at radius 2 is 2.05 bits per heavy atom. The van der Waals surface area contributed by atoms with E-state index in [1.165, 1.54) is 0 Å². The first-order chi connectivity index (χ1) is 10.2. The van der Waals surface area contributed by atoms with E-state index in [2.05, 4.69) is 31.1 Å². The summed E-state index contributed by atoms with van der Waals surface area (Å²) in [6.45, 7) is 5.25. The lowest BCUT2D eigenvalue weighted by Crippen LogP contribution is -2.27. The van der Waals surface area contributed by atoms with Gasteiger partial charge in [-0.3, -0.25) is 14.1 Å². The fourth-order valence-electron chi connectivity index (χ4n) is 3.52. The first-order valence-electron chi connectivity index (χ1n) is 7.30. The summed E-state index contributed by atoms with van der Waals surface area (Å²) < 4.78 is 2.46. The van der Waals surface area contributed by atoms with Gasteiger partial charge in [0.25, 0.3) is 5.56 Å². The van der Waals surface area contributed by atoms with Gasteiger partial charge in [0.05, 0.1) is 5.69 Å². The van der Waals surface area contributed by atoms with E-state index in [1.807, 2.05) is 12.1 Å². The van der Waals surface area contributed by atoms with Gasteiger partial charge in [-0.2, -0.15) is 0 Å². The molecule has 2 aliphatic rings. The van der Waals surface area contributed by atoms with Crippen LogP contribution in [0.15, 0.2) is 33.7 Å². The molecule has 0 radical (unpaired) electrons. The lowest BCUT2D eigenvalue weighted by atomic mass is 10.0. The molecule has 0 aromatic carbocycles. The molecule has 2 saturated heterocycles. The van der Waals surface area contributed by atoms with E-state index < -0.39 is 0 Å². The Kier molecular flexibility index (Phi) is 3.32. The van der Waals surface area contributed by atoms with Crippen molar-refractivity contribution in [1.82, 2.24) is 19.6 Å². The van der Waals surface area contributed by atoms with Crippen molar-refractivity contribution in [1.29, 1.82) is 0 Å². The third-order valence-electron chi connectivity index (χ3n) is 4.53. The molecule has 2 atom stereocenters. The number of rotatable bonds is 2. The van der Waals surface area contributed by atoms with Crippen LogP contribution in [0, 0.1) is 11.8 Å². The van der Waals surface area contributed by atoms with Gasteiger partial charge in [-0.15, -0.1) is 0 Å². The summed E-state index contributed by atoms with van der Waals surface area (Å²) in [4.78, 5) is 19.2. The lowest BCUT2D eigenvalue weighted by molar-refractivity contribution is 0.302. The highest BCUT2D eigenvalue weighted by Gasteiger charge is 2.35. The van der Waals surface area contributed by atoms with Gasteiger partial charge < -0.3 is 5.32 Å². The van der Waals surface area contributed by atoms with E-state index in [1.54, 1.807) is 16.7 Å². The number of nitrogens with zero attached hydrogens (tertiary/aromatic N) is 3. The summed E-state index contributed by atoms with van der Waals surface area (Å²) in [7, 11) is 0. The molecule has 5 nitrogen and oxygen atoms in total. The van der Waals surface area contributed by atoms with E-state index >= 15 is 0 Å². The van der Waals surface area contributed by atoms with Gasteiger partial charge in [0.15, 0.2) is 0 Å². The normalized spacial score (nSPS) is 25.6. The number of hydrogen-bond donors (Lipinski definition) is 1. The third-order valence-corrected chi connectivity index (χ3v) is 5.00. The van der Waals surface area contributed by atoms with Crippen molar-refractivity contribution in [3.63, 3.8) is 0 Å². The molecule has 2 aromatic heterocycles. The molecule has 2 aliphatic heterocycles. The predicted octanol–water partition coefficient (Wildman–Crippen LogP) is 1.11. The van der Waals surface area contributed by atoms with Crippen LogP contribution in [-0.4, -0.2) is 40.5 Å². The number of fused-ring (bicyclic) bond motifs is 2. The first kappa shape index (κ1) is 13.4. The highest BCUT2D eigenvalue weighted by molar-refractivity contribution is 9.10. The third kappa shape index (κ3) is 2.52. The van der Waals surface area contributed by atoms with Crippen LogP contribution >= 0.6 is 15.9 Å². The van der Waals surface area contributed by atoms with Crippen molar-refractivity contribution in [2.45, 2.75) is 6.54 Å². The van der Waals surface area contributed by atoms with Crippen LogP contribution in [0.5, 0.6) is 0 Å². The van der Waals surface area contributed by atoms with Crippen LogP contribution < -0.4 is 10.9 Å². The van der Waals surface area contributed by atoms with Crippen molar-refractivity contribution in [2.24, 2.45) is 11.8 Å². The molecule has 21 heavy (non-hydrogen) atoms. The minimum absolute atomic E-state index is 0.0163. The average molecular weight is 349 g/mol. The molecular formula is C15H17BrN4O. The standard InChI is InChI=1S/C15H17BrN4O/c16-12-1-2-14-18-13(3-15(21)20(14)8-12)9-19-6-10-4-17-5-11(10)7-19/h1-3,8,10-11,17H,4-7,9H2. The summed E-state index contributed by atoms with van der Waals surface area (Å²) in [5.74, 6) is 1.53. The Bertz CT molecular complexity index is 732. The summed E-state index contributed by atoms with van der Waals surface area (Å²) in [5.41, 5.74) is 1.56. The number of aromatic nitrogens is 2. The van der Waals surface area contributed by atoms with E-state index in [0.29, 0.717) is 5.65 Å². The summed E-state index contributed by atoms with van der Waals surface area (Å²) >= 11 is 3.38. The molecule has 2 aromatic rings. The molecule has 2 unspecified atom stereocenters. The number of halogens is 1.